The number of alkyl halides is 1. The summed E-state index contributed by atoms with van der Waals surface area (Å²) in [5.41, 5.74) is 0.139. The number of para-hydroxylation sites is 1. The lowest BCUT2D eigenvalue weighted by atomic mass is 9.70. The molecule has 1 spiro atoms. The number of aliphatic hydroxyl groups excluding tert-OH is 1. The highest BCUT2D eigenvalue weighted by molar-refractivity contribution is 9.09. The molecule has 3 saturated heterocycles. The summed E-state index contributed by atoms with van der Waals surface area (Å²) < 4.78 is 11.7. The summed E-state index contributed by atoms with van der Waals surface area (Å²) in [5.74, 6) is -2.84. The van der Waals surface area contributed by atoms with Crippen molar-refractivity contribution in [1.29, 1.82) is 0 Å². The van der Waals surface area contributed by atoms with Gasteiger partial charge in [0, 0.05) is 24.5 Å². The predicted molar refractivity (Wildman–Crippen MR) is 134 cm³/mol. The molecule has 3 aliphatic heterocycles. The third-order valence-electron chi connectivity index (χ3n) is 7.18. The Morgan fingerprint density at radius 3 is 2.83 bits per heavy atom. The van der Waals surface area contributed by atoms with E-state index in [1.807, 2.05) is 13.0 Å². The van der Waals surface area contributed by atoms with Crippen molar-refractivity contribution in [2.24, 2.45) is 11.8 Å². The molecule has 0 aliphatic carbocycles. The van der Waals surface area contributed by atoms with Gasteiger partial charge in [-0.05, 0) is 38.3 Å². The van der Waals surface area contributed by atoms with Gasteiger partial charge in [0.2, 0.25) is 5.91 Å². The lowest BCUT2D eigenvalue weighted by molar-refractivity contribution is -0.154. The van der Waals surface area contributed by atoms with Crippen molar-refractivity contribution >= 4 is 51.0 Å². The Hall–Kier alpha value is -1.94. The Morgan fingerprint density at radius 1 is 1.46 bits per heavy atom. The third kappa shape index (κ3) is 4.10. The van der Waals surface area contributed by atoms with Gasteiger partial charge in [-0.25, -0.2) is 0 Å². The highest BCUT2D eigenvalue weighted by Crippen LogP contribution is 2.60. The molecule has 0 radical (unpaired) electrons. The number of anilines is 1. The van der Waals surface area contributed by atoms with Gasteiger partial charge in [0.25, 0.3) is 5.91 Å². The quantitative estimate of drug-likeness (QED) is 0.279. The number of esters is 1. The summed E-state index contributed by atoms with van der Waals surface area (Å²) in [6.45, 7) is 7.74. The number of benzene rings is 1. The summed E-state index contributed by atoms with van der Waals surface area (Å²) in [4.78, 5) is 43.9. The Labute approximate surface area is 218 Å². The first-order valence-corrected chi connectivity index (χ1v) is 13.1. The Morgan fingerprint density at radius 2 is 2.20 bits per heavy atom. The predicted octanol–water partition coefficient (Wildman–Crippen LogP) is 2.86. The van der Waals surface area contributed by atoms with Crippen LogP contribution in [0, 0.1) is 18.8 Å². The van der Waals surface area contributed by atoms with Gasteiger partial charge in [-0.15, -0.1) is 6.58 Å². The van der Waals surface area contributed by atoms with Crippen molar-refractivity contribution in [2.75, 3.05) is 31.2 Å². The number of rotatable bonds is 9. The summed E-state index contributed by atoms with van der Waals surface area (Å²) >= 11 is 10.2. The number of carbonyl (C=O) groups excluding carboxylic acids is 3. The number of nitrogens with zero attached hydrogens (tertiary/aromatic N) is 2. The Balaban J connectivity index is 1.82. The zero-order valence-electron chi connectivity index (χ0n) is 19.8. The van der Waals surface area contributed by atoms with E-state index in [0.717, 1.165) is 5.56 Å². The number of likely N-dealkylation sites (tertiary alicyclic amines) is 1. The van der Waals surface area contributed by atoms with Gasteiger partial charge in [-0.1, -0.05) is 45.7 Å². The maximum atomic E-state index is 14.3. The molecular weight excluding hydrogens is 540 g/mol. The van der Waals surface area contributed by atoms with Crippen molar-refractivity contribution in [2.45, 2.75) is 49.3 Å². The van der Waals surface area contributed by atoms with Crippen molar-refractivity contribution in [1.82, 2.24) is 4.90 Å². The highest BCUT2D eigenvalue weighted by atomic mass is 79.9. The standard InChI is InChI=1S/C25H30BrClN2O6/c1-4-10-28(19-14(3)8-6-9-16(19)27)23(32)21-25-13-15(26)20(35-25)17(24(33)34-5-2)18(25)22(31)29(21)11-7-12-30/h4,6,8-9,15,17-18,20-21,30H,1,5,7,10-13H2,2-3H3/t15?,17-,18+,20-,21-,25+/m1/s1. The lowest BCUT2D eigenvalue weighted by Gasteiger charge is -2.37. The van der Waals surface area contributed by atoms with Crippen LogP contribution in [0.5, 0.6) is 0 Å². The fraction of sp³-hybridized carbons (Fsp3) is 0.560. The molecule has 3 heterocycles. The number of ether oxygens (including phenoxy) is 2. The summed E-state index contributed by atoms with van der Waals surface area (Å²) in [5, 5.41) is 9.89. The van der Waals surface area contributed by atoms with Gasteiger partial charge in [-0.2, -0.15) is 0 Å². The minimum absolute atomic E-state index is 0.145. The van der Waals surface area contributed by atoms with Crippen molar-refractivity contribution in [3.8, 4) is 0 Å². The second-order valence-electron chi connectivity index (χ2n) is 9.17. The van der Waals surface area contributed by atoms with Crippen LogP contribution in [-0.4, -0.2) is 76.7 Å². The third-order valence-corrected chi connectivity index (χ3v) is 8.32. The molecule has 2 amide bonds. The molecule has 1 N–H and O–H groups in total. The average molecular weight is 570 g/mol. The first-order valence-electron chi connectivity index (χ1n) is 11.8. The first kappa shape index (κ1) is 26.1. The second kappa shape index (κ2) is 10.2. The van der Waals surface area contributed by atoms with Crippen LogP contribution in [0.3, 0.4) is 0 Å². The lowest BCUT2D eigenvalue weighted by Crippen LogP contribution is -2.57. The van der Waals surface area contributed by atoms with E-state index in [9.17, 15) is 19.5 Å². The number of hydrogen-bond donors (Lipinski definition) is 1. The maximum Gasteiger partial charge on any atom is 0.312 e. The summed E-state index contributed by atoms with van der Waals surface area (Å²) in [6.07, 6.45) is 1.70. The topological polar surface area (TPSA) is 96.4 Å². The molecule has 2 bridgehead atoms. The molecule has 10 heteroatoms. The van der Waals surface area contributed by atoms with Crippen LogP contribution in [-0.2, 0) is 23.9 Å². The molecule has 35 heavy (non-hydrogen) atoms. The number of fused-ring (bicyclic) bond motifs is 1. The molecule has 1 aromatic rings. The first-order chi connectivity index (χ1) is 16.7. The van der Waals surface area contributed by atoms with Crippen LogP contribution in [0.15, 0.2) is 30.9 Å². The molecule has 3 aliphatic rings. The largest absolute Gasteiger partial charge is 0.466 e. The smallest absolute Gasteiger partial charge is 0.312 e. The van der Waals surface area contributed by atoms with Crippen LogP contribution >= 0.6 is 27.5 Å². The molecule has 8 nitrogen and oxygen atoms in total. The number of aliphatic hydroxyl groups is 1. The van der Waals surface area contributed by atoms with Crippen LogP contribution in [0.4, 0.5) is 5.69 Å². The van der Waals surface area contributed by atoms with E-state index in [-0.39, 0.29) is 49.4 Å². The van der Waals surface area contributed by atoms with Gasteiger partial charge in [0.05, 0.1) is 35.3 Å². The number of aryl methyl sites for hydroxylation is 1. The van der Waals surface area contributed by atoms with E-state index in [1.54, 1.807) is 25.1 Å². The van der Waals surface area contributed by atoms with Crippen molar-refractivity contribution < 1.29 is 29.0 Å². The molecular formula is C25H30BrClN2O6. The van der Waals surface area contributed by atoms with Gasteiger partial charge in [-0.3, -0.25) is 14.4 Å². The zero-order chi connectivity index (χ0) is 25.5. The Bertz CT molecular complexity index is 1020. The van der Waals surface area contributed by atoms with Crippen LogP contribution in [0.2, 0.25) is 5.02 Å². The van der Waals surface area contributed by atoms with Crippen LogP contribution < -0.4 is 4.90 Å². The number of amides is 2. The molecule has 3 fully saturated rings. The average Bonchev–Trinajstić information content (AvgIpc) is 3.40. The fourth-order valence-corrected chi connectivity index (χ4v) is 7.20. The second-order valence-corrected chi connectivity index (χ2v) is 10.8. The number of carbonyl (C=O) groups is 3. The highest BCUT2D eigenvalue weighted by Gasteiger charge is 2.77. The number of halogens is 2. The zero-order valence-corrected chi connectivity index (χ0v) is 22.1. The van der Waals surface area contributed by atoms with Gasteiger partial charge in [0.15, 0.2) is 0 Å². The van der Waals surface area contributed by atoms with Crippen LogP contribution in [0.25, 0.3) is 0 Å². The van der Waals surface area contributed by atoms with E-state index in [0.29, 0.717) is 17.1 Å². The Kier molecular flexibility index (Phi) is 7.62. The molecule has 1 aromatic carbocycles. The SMILES string of the molecule is C=CCN(C(=O)[C@H]1N(CCCO)C(=O)[C@@H]2[C@@H](C(=O)OCC)[C@@H]3O[C@@]21CC3Br)c1c(C)cccc1Cl. The van der Waals surface area contributed by atoms with Gasteiger partial charge < -0.3 is 24.4 Å². The summed E-state index contributed by atoms with van der Waals surface area (Å²) in [6, 6.07) is 4.38. The van der Waals surface area contributed by atoms with Gasteiger partial charge in [0.1, 0.15) is 11.6 Å². The van der Waals surface area contributed by atoms with Gasteiger partial charge >= 0.3 is 5.97 Å². The van der Waals surface area contributed by atoms with E-state index >= 15 is 0 Å². The maximum absolute atomic E-state index is 14.3. The molecule has 4 rings (SSSR count). The van der Waals surface area contributed by atoms with Crippen molar-refractivity contribution in [3.05, 3.63) is 41.4 Å². The van der Waals surface area contributed by atoms with Crippen LogP contribution in [0.1, 0.15) is 25.3 Å². The van der Waals surface area contributed by atoms with E-state index in [2.05, 4.69) is 22.5 Å². The van der Waals surface area contributed by atoms with E-state index in [1.165, 1.54) is 9.80 Å². The minimum atomic E-state index is -1.20. The summed E-state index contributed by atoms with van der Waals surface area (Å²) in [7, 11) is 0. The van der Waals surface area contributed by atoms with E-state index in [4.69, 9.17) is 21.1 Å². The molecule has 0 aromatic heterocycles. The molecule has 0 saturated carbocycles. The fourth-order valence-electron chi connectivity index (χ4n) is 5.93. The van der Waals surface area contributed by atoms with Crippen molar-refractivity contribution in [3.63, 3.8) is 0 Å². The molecule has 1 unspecified atom stereocenters. The normalized spacial score (nSPS) is 30.9. The monoisotopic (exact) mass is 568 g/mol. The molecule has 190 valence electrons. The van der Waals surface area contributed by atoms with E-state index < -0.39 is 35.6 Å². The number of hydrogen-bond acceptors (Lipinski definition) is 6. The molecule has 6 atom stereocenters. The minimum Gasteiger partial charge on any atom is -0.466 e.